The predicted octanol–water partition coefficient (Wildman–Crippen LogP) is 5.88. The molecule has 1 aliphatic carbocycles. The summed E-state index contributed by atoms with van der Waals surface area (Å²) in [6.07, 6.45) is 8.20. The number of aryl methyl sites for hydroxylation is 1. The maximum Gasteiger partial charge on any atom is 0.228 e. The Labute approximate surface area is 186 Å². The normalized spacial score (nSPS) is 19.7. The lowest BCUT2D eigenvalue weighted by molar-refractivity contribution is -0.119. The Hall–Kier alpha value is -2.73. The summed E-state index contributed by atoms with van der Waals surface area (Å²) in [5.74, 6) is 0.501. The van der Waals surface area contributed by atoms with Gasteiger partial charge in [-0.05, 0) is 87.3 Å². The van der Waals surface area contributed by atoms with Gasteiger partial charge in [-0.3, -0.25) is 25.2 Å². The van der Waals surface area contributed by atoms with Crippen LogP contribution in [0.4, 0.5) is 10.1 Å². The molecule has 3 aromatic rings. The third-order valence-electron chi connectivity index (χ3n) is 6.49. The number of amides is 1. The number of nitrogens with zero attached hydrogens (tertiary/aromatic N) is 3. The van der Waals surface area contributed by atoms with E-state index < -0.39 is 0 Å². The molecule has 0 spiro atoms. The van der Waals surface area contributed by atoms with Crippen molar-refractivity contribution in [3.05, 3.63) is 64.8 Å². The first kappa shape index (κ1) is 21.5. The predicted molar refractivity (Wildman–Crippen MR) is 121 cm³/mol. The molecule has 1 fully saturated rings. The van der Waals surface area contributed by atoms with Gasteiger partial charge in [0.15, 0.2) is 0 Å². The molecule has 0 bridgehead atoms. The third kappa shape index (κ3) is 4.64. The molecule has 5 nitrogen and oxygen atoms in total. The molecule has 0 saturated heterocycles. The molecule has 2 aromatic heterocycles. The van der Waals surface area contributed by atoms with E-state index in [4.69, 9.17) is 11.6 Å². The first-order valence-electron chi connectivity index (χ1n) is 10.6. The van der Waals surface area contributed by atoms with E-state index in [0.717, 1.165) is 54.4 Å². The van der Waals surface area contributed by atoms with E-state index >= 15 is 0 Å². The number of aromatic nitrogens is 2. The van der Waals surface area contributed by atoms with Crippen molar-refractivity contribution < 1.29 is 9.18 Å². The molecule has 1 N–H and O–H groups in total. The van der Waals surface area contributed by atoms with E-state index in [0.29, 0.717) is 16.9 Å². The highest BCUT2D eigenvalue weighted by Gasteiger charge is 2.30. The van der Waals surface area contributed by atoms with Crippen LogP contribution in [0.2, 0.25) is 5.02 Å². The number of fused-ring (bicyclic) bond motifs is 1. The minimum absolute atomic E-state index is 0.0171. The van der Waals surface area contributed by atoms with Crippen molar-refractivity contribution in [2.24, 2.45) is 5.92 Å². The van der Waals surface area contributed by atoms with Gasteiger partial charge in [0.2, 0.25) is 6.41 Å². The molecule has 4 rings (SSSR count). The molecule has 31 heavy (non-hydrogen) atoms. The van der Waals surface area contributed by atoms with E-state index in [2.05, 4.69) is 22.3 Å². The Kier molecular flexibility index (Phi) is 6.37. The molecule has 2 heterocycles. The standard InChI is InChI=1S/C24H26ClFN4O/c1-15-24(11-19(25)13-28-15)29-30(14-31)16(2)17-3-5-18(6-4-17)21-9-10-27-23-8-7-20(26)12-22(21)23/h7-14,16-18,29H,3-6H2,1-2H3. The number of pyridine rings is 2. The zero-order chi connectivity index (χ0) is 22.0. The number of halogens is 2. The number of hydrogen-bond donors (Lipinski definition) is 1. The largest absolute Gasteiger partial charge is 0.294 e. The molecular weight excluding hydrogens is 415 g/mol. The summed E-state index contributed by atoms with van der Waals surface area (Å²) in [5.41, 5.74) is 6.68. The summed E-state index contributed by atoms with van der Waals surface area (Å²) in [6.45, 7) is 3.94. The number of anilines is 1. The van der Waals surface area contributed by atoms with E-state index in [1.54, 1.807) is 29.4 Å². The number of carbonyl (C=O) groups is 1. The Morgan fingerprint density at radius 2 is 1.97 bits per heavy atom. The Morgan fingerprint density at radius 1 is 1.19 bits per heavy atom. The van der Waals surface area contributed by atoms with Crippen LogP contribution in [0.1, 0.15) is 49.8 Å². The first-order chi connectivity index (χ1) is 15.0. The maximum atomic E-state index is 13.8. The van der Waals surface area contributed by atoms with Gasteiger partial charge in [-0.15, -0.1) is 0 Å². The lowest BCUT2D eigenvalue weighted by Gasteiger charge is -2.37. The third-order valence-corrected chi connectivity index (χ3v) is 6.69. The highest BCUT2D eigenvalue weighted by Crippen LogP contribution is 2.40. The van der Waals surface area contributed by atoms with Crippen LogP contribution >= 0.6 is 11.6 Å². The average Bonchev–Trinajstić information content (AvgIpc) is 2.79. The molecule has 1 unspecified atom stereocenters. The van der Waals surface area contributed by atoms with Crippen molar-refractivity contribution in [3.63, 3.8) is 0 Å². The second-order valence-corrected chi connectivity index (χ2v) is 8.76. The van der Waals surface area contributed by atoms with Gasteiger partial charge in [0.1, 0.15) is 5.82 Å². The number of nitrogens with one attached hydrogen (secondary N) is 1. The molecule has 0 aliphatic heterocycles. The van der Waals surface area contributed by atoms with Crippen molar-refractivity contribution in [1.29, 1.82) is 0 Å². The molecule has 1 atom stereocenters. The molecule has 7 heteroatoms. The average molecular weight is 441 g/mol. The van der Waals surface area contributed by atoms with Crippen LogP contribution < -0.4 is 5.43 Å². The second-order valence-electron chi connectivity index (χ2n) is 8.32. The lowest BCUT2D eigenvalue weighted by Crippen LogP contribution is -2.42. The zero-order valence-corrected chi connectivity index (χ0v) is 18.4. The zero-order valence-electron chi connectivity index (χ0n) is 17.7. The quantitative estimate of drug-likeness (QED) is 0.384. The summed E-state index contributed by atoms with van der Waals surface area (Å²) in [6, 6.07) is 8.59. The Balaban J connectivity index is 1.45. The summed E-state index contributed by atoms with van der Waals surface area (Å²) < 4.78 is 13.8. The minimum atomic E-state index is -0.234. The summed E-state index contributed by atoms with van der Waals surface area (Å²) in [5, 5.41) is 3.04. The van der Waals surface area contributed by atoms with Gasteiger partial charge in [-0.25, -0.2) is 4.39 Å². The SMILES string of the molecule is Cc1ncc(Cl)cc1NN(C=O)C(C)C1CCC(c2ccnc3ccc(F)cc23)CC1. The number of hydrazine groups is 1. The monoisotopic (exact) mass is 440 g/mol. The van der Waals surface area contributed by atoms with Crippen LogP contribution in [0, 0.1) is 18.7 Å². The molecule has 1 amide bonds. The highest BCUT2D eigenvalue weighted by molar-refractivity contribution is 6.30. The lowest BCUT2D eigenvalue weighted by atomic mass is 9.75. The van der Waals surface area contributed by atoms with E-state index in [1.165, 1.54) is 11.6 Å². The Bertz CT molecular complexity index is 1080. The van der Waals surface area contributed by atoms with Crippen LogP contribution in [0.3, 0.4) is 0 Å². The van der Waals surface area contributed by atoms with Crippen molar-refractivity contribution in [1.82, 2.24) is 15.0 Å². The van der Waals surface area contributed by atoms with Crippen molar-refractivity contribution in [3.8, 4) is 0 Å². The number of rotatable bonds is 6. The maximum absolute atomic E-state index is 13.8. The van der Waals surface area contributed by atoms with Crippen LogP contribution in [-0.2, 0) is 4.79 Å². The summed E-state index contributed by atoms with van der Waals surface area (Å²) >= 11 is 6.06. The van der Waals surface area contributed by atoms with Crippen LogP contribution in [-0.4, -0.2) is 27.4 Å². The number of hydrogen-bond acceptors (Lipinski definition) is 4. The molecule has 1 aliphatic rings. The van der Waals surface area contributed by atoms with Crippen molar-refractivity contribution >= 4 is 34.6 Å². The fraction of sp³-hybridized carbons (Fsp3) is 0.375. The summed E-state index contributed by atoms with van der Waals surface area (Å²) in [4.78, 5) is 20.4. The van der Waals surface area contributed by atoms with E-state index in [-0.39, 0.29) is 11.9 Å². The van der Waals surface area contributed by atoms with E-state index in [9.17, 15) is 9.18 Å². The van der Waals surface area contributed by atoms with Gasteiger partial charge >= 0.3 is 0 Å². The van der Waals surface area contributed by atoms with Gasteiger partial charge in [-0.1, -0.05) is 11.6 Å². The van der Waals surface area contributed by atoms with E-state index in [1.807, 2.05) is 19.2 Å². The smallest absolute Gasteiger partial charge is 0.228 e. The second kappa shape index (κ2) is 9.18. The van der Waals surface area contributed by atoms with Gasteiger partial charge in [0.25, 0.3) is 0 Å². The van der Waals surface area contributed by atoms with Crippen molar-refractivity contribution in [2.75, 3.05) is 5.43 Å². The molecular formula is C24H26ClFN4O. The Morgan fingerprint density at radius 3 is 2.71 bits per heavy atom. The van der Waals surface area contributed by atoms with Crippen LogP contribution in [0.15, 0.2) is 42.7 Å². The minimum Gasteiger partial charge on any atom is -0.294 e. The number of benzene rings is 1. The molecule has 0 radical (unpaired) electrons. The summed E-state index contributed by atoms with van der Waals surface area (Å²) in [7, 11) is 0. The van der Waals surface area contributed by atoms with Gasteiger partial charge in [0, 0.05) is 17.8 Å². The van der Waals surface area contributed by atoms with Gasteiger partial charge in [0.05, 0.1) is 28.0 Å². The van der Waals surface area contributed by atoms with Crippen molar-refractivity contribution in [2.45, 2.75) is 51.5 Å². The van der Waals surface area contributed by atoms with Crippen LogP contribution in [0.25, 0.3) is 10.9 Å². The fourth-order valence-corrected chi connectivity index (χ4v) is 4.78. The highest BCUT2D eigenvalue weighted by atomic mass is 35.5. The molecule has 1 aromatic carbocycles. The van der Waals surface area contributed by atoms with Gasteiger partial charge < -0.3 is 0 Å². The topological polar surface area (TPSA) is 58.1 Å². The fourth-order valence-electron chi connectivity index (χ4n) is 4.62. The number of carbonyl (C=O) groups excluding carboxylic acids is 1. The molecule has 1 saturated carbocycles. The first-order valence-corrected chi connectivity index (χ1v) is 11.0. The van der Waals surface area contributed by atoms with Crippen LogP contribution in [0.5, 0.6) is 0 Å². The molecule has 162 valence electrons. The van der Waals surface area contributed by atoms with Gasteiger partial charge in [-0.2, -0.15) is 0 Å².